The summed E-state index contributed by atoms with van der Waals surface area (Å²) in [5, 5.41) is 5.28. The lowest BCUT2D eigenvalue weighted by Crippen LogP contribution is -2.21. The number of ether oxygens (including phenoxy) is 2. The fourth-order valence-corrected chi connectivity index (χ4v) is 2.52. The average molecular weight is 412 g/mol. The molecule has 0 saturated heterocycles. The number of benzene rings is 2. The van der Waals surface area contributed by atoms with Crippen molar-refractivity contribution in [2.75, 3.05) is 24.4 Å². The van der Waals surface area contributed by atoms with Crippen molar-refractivity contribution in [3.63, 3.8) is 0 Å². The van der Waals surface area contributed by atoms with Crippen LogP contribution in [0.2, 0.25) is 0 Å². The third kappa shape index (κ3) is 7.75. The molecule has 0 unspecified atom stereocenters. The first-order valence-electron chi connectivity index (χ1n) is 9.38. The van der Waals surface area contributed by atoms with Crippen molar-refractivity contribution < 1.29 is 28.7 Å². The van der Waals surface area contributed by atoms with E-state index in [1.54, 1.807) is 55.6 Å². The normalized spacial score (nSPS) is 10.1. The first kappa shape index (κ1) is 22.6. The number of rotatable bonds is 10. The molecule has 158 valence electrons. The van der Waals surface area contributed by atoms with E-state index in [9.17, 15) is 19.2 Å². The number of amides is 2. The van der Waals surface area contributed by atoms with Crippen molar-refractivity contribution in [2.45, 2.75) is 26.2 Å². The minimum absolute atomic E-state index is 0.0106. The van der Waals surface area contributed by atoms with Gasteiger partial charge in [-0.25, -0.2) is 0 Å². The summed E-state index contributed by atoms with van der Waals surface area (Å²) < 4.78 is 9.95. The van der Waals surface area contributed by atoms with Crippen LogP contribution in [0.4, 0.5) is 11.4 Å². The van der Waals surface area contributed by atoms with Gasteiger partial charge in [-0.3, -0.25) is 19.2 Å². The zero-order chi connectivity index (χ0) is 21.9. The number of nitrogens with one attached hydrogen (secondary N) is 2. The maximum absolute atomic E-state index is 12.0. The number of hydrogen-bond donors (Lipinski definition) is 2. The molecule has 8 nitrogen and oxygen atoms in total. The molecule has 2 aromatic rings. The molecule has 0 bridgehead atoms. The molecule has 0 heterocycles. The largest absolute Gasteiger partial charge is 0.497 e. The molecule has 30 heavy (non-hydrogen) atoms. The van der Waals surface area contributed by atoms with Gasteiger partial charge in [0.25, 0.3) is 5.91 Å². The third-order valence-electron chi connectivity index (χ3n) is 4.08. The van der Waals surface area contributed by atoms with Crippen LogP contribution in [-0.4, -0.2) is 37.3 Å². The fourth-order valence-electron chi connectivity index (χ4n) is 2.52. The number of methoxy groups -OCH3 is 1. The Balaban J connectivity index is 1.65. The van der Waals surface area contributed by atoms with Gasteiger partial charge in [-0.2, -0.15) is 0 Å². The van der Waals surface area contributed by atoms with E-state index in [0.29, 0.717) is 22.7 Å². The Morgan fingerprint density at radius 3 is 2.23 bits per heavy atom. The van der Waals surface area contributed by atoms with Crippen LogP contribution in [-0.2, 0) is 19.1 Å². The Labute approximate surface area is 174 Å². The molecule has 2 N–H and O–H groups in total. The first-order valence-corrected chi connectivity index (χ1v) is 9.38. The van der Waals surface area contributed by atoms with Crippen LogP contribution in [0.25, 0.3) is 0 Å². The van der Waals surface area contributed by atoms with Gasteiger partial charge in [0.2, 0.25) is 5.91 Å². The second-order valence-corrected chi connectivity index (χ2v) is 6.48. The number of hydrogen-bond acceptors (Lipinski definition) is 6. The summed E-state index contributed by atoms with van der Waals surface area (Å²) in [6, 6.07) is 13.4. The van der Waals surface area contributed by atoms with Gasteiger partial charge < -0.3 is 20.1 Å². The molecule has 2 rings (SSSR count). The molecule has 0 spiro atoms. The molecule has 0 aliphatic rings. The zero-order valence-corrected chi connectivity index (χ0v) is 16.9. The van der Waals surface area contributed by atoms with Crippen molar-refractivity contribution in [1.82, 2.24) is 0 Å². The number of carbonyl (C=O) groups is 4. The van der Waals surface area contributed by atoms with Crippen molar-refractivity contribution >= 4 is 34.9 Å². The lowest BCUT2D eigenvalue weighted by molar-refractivity contribution is -0.147. The summed E-state index contributed by atoms with van der Waals surface area (Å²) in [6.45, 7) is 1.04. The van der Waals surface area contributed by atoms with E-state index in [-0.39, 0.29) is 31.0 Å². The second-order valence-electron chi connectivity index (χ2n) is 6.48. The van der Waals surface area contributed by atoms with E-state index in [1.807, 2.05) is 0 Å². The monoisotopic (exact) mass is 412 g/mol. The van der Waals surface area contributed by atoms with Gasteiger partial charge in [-0.1, -0.05) is 12.1 Å². The number of Topliss-reactive ketones (excluding diaryl/α,β-unsaturated/α-hetero) is 1. The van der Waals surface area contributed by atoms with Crippen molar-refractivity contribution in [3.05, 3.63) is 54.1 Å². The van der Waals surface area contributed by atoms with E-state index in [0.717, 1.165) is 0 Å². The van der Waals surface area contributed by atoms with Crippen molar-refractivity contribution in [3.8, 4) is 5.75 Å². The molecule has 0 saturated carbocycles. The van der Waals surface area contributed by atoms with E-state index < -0.39 is 18.5 Å². The lowest BCUT2D eigenvalue weighted by atomic mass is 10.1. The van der Waals surface area contributed by atoms with E-state index in [4.69, 9.17) is 9.47 Å². The minimum atomic E-state index is -0.564. The summed E-state index contributed by atoms with van der Waals surface area (Å²) >= 11 is 0. The van der Waals surface area contributed by atoms with Gasteiger partial charge in [-0.05, 0) is 49.7 Å². The van der Waals surface area contributed by atoms with Gasteiger partial charge in [-0.15, -0.1) is 0 Å². The topological polar surface area (TPSA) is 111 Å². The van der Waals surface area contributed by atoms with Crippen LogP contribution in [0.5, 0.6) is 5.75 Å². The maximum Gasteiger partial charge on any atom is 0.306 e. The molecule has 2 amide bonds. The highest BCUT2D eigenvalue weighted by molar-refractivity contribution is 5.97. The van der Waals surface area contributed by atoms with Crippen LogP contribution in [0.15, 0.2) is 48.5 Å². The quantitative estimate of drug-likeness (QED) is 0.458. The molecule has 2 aromatic carbocycles. The van der Waals surface area contributed by atoms with E-state index in [1.165, 1.54) is 6.92 Å². The molecular weight excluding hydrogens is 388 g/mol. The molecule has 0 atom stereocenters. The summed E-state index contributed by atoms with van der Waals surface area (Å²) in [6.07, 6.45) is 0.394. The Morgan fingerprint density at radius 2 is 1.57 bits per heavy atom. The van der Waals surface area contributed by atoms with E-state index >= 15 is 0 Å². The van der Waals surface area contributed by atoms with Crippen LogP contribution in [0.3, 0.4) is 0 Å². The predicted molar refractivity (Wildman–Crippen MR) is 112 cm³/mol. The predicted octanol–water partition coefficient (Wildman–Crippen LogP) is 3.19. The van der Waals surface area contributed by atoms with Crippen LogP contribution in [0, 0.1) is 0 Å². The molecular formula is C22H24N2O6. The zero-order valence-electron chi connectivity index (χ0n) is 16.9. The van der Waals surface area contributed by atoms with Crippen molar-refractivity contribution in [1.29, 1.82) is 0 Å². The second kappa shape index (κ2) is 11.4. The van der Waals surface area contributed by atoms with Crippen LogP contribution in [0.1, 0.15) is 36.5 Å². The smallest absolute Gasteiger partial charge is 0.306 e. The number of esters is 1. The Bertz CT molecular complexity index is 908. The SMILES string of the molecule is COc1ccc(NC(=O)COC(=O)CCCC(=O)Nc2cccc(C(C)=O)c2)cc1. The van der Waals surface area contributed by atoms with E-state index in [2.05, 4.69) is 10.6 Å². The molecule has 0 radical (unpaired) electrons. The van der Waals surface area contributed by atoms with Crippen molar-refractivity contribution in [2.24, 2.45) is 0 Å². The highest BCUT2D eigenvalue weighted by Gasteiger charge is 2.10. The molecule has 0 aliphatic heterocycles. The lowest BCUT2D eigenvalue weighted by Gasteiger charge is -2.08. The summed E-state index contributed by atoms with van der Waals surface area (Å²) in [5.41, 5.74) is 1.58. The van der Waals surface area contributed by atoms with Gasteiger partial charge in [0, 0.05) is 29.8 Å². The molecule has 8 heteroatoms. The number of ketones is 1. The van der Waals surface area contributed by atoms with Gasteiger partial charge in [0.05, 0.1) is 7.11 Å². The Morgan fingerprint density at radius 1 is 0.867 bits per heavy atom. The Hall–Kier alpha value is -3.68. The standard InChI is InChI=1S/C22H24N2O6/c1-15(25)16-5-3-6-18(13-16)24-20(26)7-4-8-22(28)30-14-21(27)23-17-9-11-19(29-2)12-10-17/h3,5-6,9-13H,4,7-8,14H2,1-2H3,(H,23,27)(H,24,26). The molecule has 0 aromatic heterocycles. The summed E-state index contributed by atoms with van der Waals surface area (Å²) in [7, 11) is 1.54. The highest BCUT2D eigenvalue weighted by atomic mass is 16.5. The average Bonchev–Trinajstić information content (AvgIpc) is 2.73. The third-order valence-corrected chi connectivity index (χ3v) is 4.08. The first-order chi connectivity index (χ1) is 14.4. The number of anilines is 2. The van der Waals surface area contributed by atoms with Crippen LogP contribution < -0.4 is 15.4 Å². The van der Waals surface area contributed by atoms with Gasteiger partial charge in [0.1, 0.15) is 5.75 Å². The Kier molecular flexibility index (Phi) is 8.56. The van der Waals surface area contributed by atoms with Gasteiger partial charge in [0.15, 0.2) is 12.4 Å². The highest BCUT2D eigenvalue weighted by Crippen LogP contribution is 2.15. The summed E-state index contributed by atoms with van der Waals surface area (Å²) in [5.74, 6) is -0.733. The number of carbonyl (C=O) groups excluding carboxylic acids is 4. The molecule has 0 aliphatic carbocycles. The summed E-state index contributed by atoms with van der Waals surface area (Å²) in [4.78, 5) is 46.9. The maximum atomic E-state index is 12.0. The van der Waals surface area contributed by atoms with Crippen LogP contribution >= 0.6 is 0 Å². The molecule has 0 fully saturated rings. The minimum Gasteiger partial charge on any atom is -0.497 e. The van der Waals surface area contributed by atoms with Gasteiger partial charge >= 0.3 is 5.97 Å². The fraction of sp³-hybridized carbons (Fsp3) is 0.273.